The predicted octanol–water partition coefficient (Wildman–Crippen LogP) is 4.25. The number of thioether (sulfide) groups is 1. The average Bonchev–Trinajstić information content (AvgIpc) is 3.14. The van der Waals surface area contributed by atoms with Gasteiger partial charge in [0.1, 0.15) is 5.82 Å². The summed E-state index contributed by atoms with van der Waals surface area (Å²) in [6.45, 7) is 6.15. The van der Waals surface area contributed by atoms with Gasteiger partial charge in [-0.1, -0.05) is 44.7 Å². The minimum atomic E-state index is -3.41. The summed E-state index contributed by atoms with van der Waals surface area (Å²) in [7, 11) is -1.66. The lowest BCUT2D eigenvalue weighted by atomic mass is 9.92. The number of hydrogen-bond donors (Lipinski definition) is 1. The molecule has 9 heteroatoms. The van der Waals surface area contributed by atoms with E-state index < -0.39 is 10.0 Å². The third kappa shape index (κ3) is 5.24. The molecule has 0 unspecified atom stereocenters. The van der Waals surface area contributed by atoms with Crippen molar-refractivity contribution in [1.29, 1.82) is 0 Å². The van der Waals surface area contributed by atoms with E-state index in [0.717, 1.165) is 20.3 Å². The molecule has 0 fully saturated rings. The maximum absolute atomic E-state index is 12.4. The molecule has 0 atom stereocenters. The highest BCUT2D eigenvalue weighted by atomic mass is 32.2. The van der Waals surface area contributed by atoms with Crippen molar-refractivity contribution in [3.8, 4) is 0 Å². The van der Waals surface area contributed by atoms with Crippen LogP contribution in [0.3, 0.4) is 0 Å². The second kappa shape index (κ2) is 7.81. The van der Waals surface area contributed by atoms with Crippen molar-refractivity contribution >= 4 is 49.2 Å². The van der Waals surface area contributed by atoms with Crippen LogP contribution in [0.1, 0.15) is 32.9 Å². The smallest absolute Gasteiger partial charge is 0.233 e. The van der Waals surface area contributed by atoms with Gasteiger partial charge in [0.15, 0.2) is 4.34 Å². The number of sulfonamides is 1. The minimum Gasteiger partial charge on any atom is -0.268 e. The first-order chi connectivity index (χ1) is 12.6. The topological polar surface area (TPSA) is 76.9 Å². The van der Waals surface area contributed by atoms with Crippen LogP contribution in [-0.2, 0) is 22.5 Å². The van der Waals surface area contributed by atoms with Crippen LogP contribution in [0.15, 0.2) is 34.7 Å². The third-order valence-electron chi connectivity index (χ3n) is 3.97. The molecule has 3 rings (SSSR count). The van der Waals surface area contributed by atoms with Gasteiger partial charge in [-0.15, -0.1) is 11.3 Å². The highest BCUT2D eigenvalue weighted by Crippen LogP contribution is 2.29. The fraction of sp³-hybridized carbons (Fsp3) is 0.444. The van der Waals surface area contributed by atoms with Crippen molar-refractivity contribution in [3.05, 3.63) is 36.0 Å². The van der Waals surface area contributed by atoms with Gasteiger partial charge in [-0.05, 0) is 18.6 Å². The van der Waals surface area contributed by atoms with E-state index in [2.05, 4.69) is 14.8 Å². The van der Waals surface area contributed by atoms with Crippen LogP contribution >= 0.6 is 23.1 Å². The van der Waals surface area contributed by atoms with Gasteiger partial charge in [-0.2, -0.15) is 5.10 Å². The summed E-state index contributed by atoms with van der Waals surface area (Å²) in [4.78, 5) is 4.56. The molecule has 0 aliphatic rings. The predicted molar refractivity (Wildman–Crippen MR) is 114 cm³/mol. The molecule has 6 nitrogen and oxygen atoms in total. The Balaban J connectivity index is 1.53. The first-order valence-electron chi connectivity index (χ1n) is 8.67. The minimum absolute atomic E-state index is 0.0704. The second-order valence-electron chi connectivity index (χ2n) is 7.36. The Morgan fingerprint density at radius 2 is 2.00 bits per heavy atom. The zero-order valence-electron chi connectivity index (χ0n) is 15.9. The molecule has 0 saturated heterocycles. The highest BCUT2D eigenvalue weighted by molar-refractivity contribution is 8.01. The molecular weight excluding hydrogens is 400 g/mol. The Labute approximate surface area is 168 Å². The first-order valence-corrected chi connectivity index (χ1v) is 12.1. The molecule has 0 bridgehead atoms. The molecule has 0 aliphatic carbocycles. The van der Waals surface area contributed by atoms with Crippen LogP contribution in [0.25, 0.3) is 10.2 Å². The van der Waals surface area contributed by atoms with E-state index in [4.69, 9.17) is 0 Å². The molecule has 0 aliphatic heterocycles. The second-order valence-corrected chi connectivity index (χ2v) is 11.6. The van der Waals surface area contributed by atoms with Crippen molar-refractivity contribution in [3.63, 3.8) is 0 Å². The summed E-state index contributed by atoms with van der Waals surface area (Å²) in [5, 5.41) is 4.40. The standard InChI is InChI=1S/C18H24N4O2S3/c1-18(2,3)15-12-16(22(4)20-15)21-27(23,24)11-7-10-25-17-19-13-8-5-6-9-14(13)26-17/h5-6,8-9,12,21H,7,10-11H2,1-4H3. The van der Waals surface area contributed by atoms with E-state index in [1.54, 1.807) is 40.9 Å². The quantitative estimate of drug-likeness (QED) is 0.453. The summed E-state index contributed by atoms with van der Waals surface area (Å²) in [6, 6.07) is 9.80. The zero-order valence-corrected chi connectivity index (χ0v) is 18.3. The maximum Gasteiger partial charge on any atom is 0.233 e. The van der Waals surface area contributed by atoms with Gasteiger partial charge in [0.25, 0.3) is 0 Å². The lowest BCUT2D eigenvalue weighted by Crippen LogP contribution is -2.19. The molecule has 2 aromatic heterocycles. The van der Waals surface area contributed by atoms with E-state index in [0.29, 0.717) is 18.0 Å². The SMILES string of the molecule is Cn1nc(C(C)(C)C)cc1NS(=O)(=O)CCCSc1nc2ccccc2s1. The largest absolute Gasteiger partial charge is 0.268 e. The van der Waals surface area contributed by atoms with E-state index >= 15 is 0 Å². The summed E-state index contributed by atoms with van der Waals surface area (Å²) in [5.74, 6) is 1.28. The Bertz CT molecular complexity index is 999. The lowest BCUT2D eigenvalue weighted by molar-refractivity contribution is 0.553. The van der Waals surface area contributed by atoms with Crippen molar-refractivity contribution in [2.24, 2.45) is 7.05 Å². The van der Waals surface area contributed by atoms with Crippen LogP contribution < -0.4 is 4.72 Å². The molecule has 0 amide bonds. The number of aromatic nitrogens is 3. The molecule has 0 radical (unpaired) electrons. The van der Waals surface area contributed by atoms with E-state index in [1.807, 2.05) is 45.0 Å². The van der Waals surface area contributed by atoms with Crippen LogP contribution in [0.2, 0.25) is 0 Å². The average molecular weight is 425 g/mol. The van der Waals surface area contributed by atoms with Crippen molar-refractivity contribution in [1.82, 2.24) is 14.8 Å². The van der Waals surface area contributed by atoms with Crippen LogP contribution in [0.5, 0.6) is 0 Å². The molecule has 3 aromatic rings. The maximum atomic E-state index is 12.4. The number of nitrogens with one attached hydrogen (secondary N) is 1. The fourth-order valence-electron chi connectivity index (χ4n) is 2.46. The van der Waals surface area contributed by atoms with Crippen LogP contribution in [0, 0.1) is 0 Å². The molecule has 0 spiro atoms. The first kappa shape index (κ1) is 20.2. The van der Waals surface area contributed by atoms with E-state index in [-0.39, 0.29) is 11.2 Å². The van der Waals surface area contributed by atoms with E-state index in [9.17, 15) is 8.42 Å². The molecule has 27 heavy (non-hydrogen) atoms. The van der Waals surface area contributed by atoms with Gasteiger partial charge in [-0.3, -0.25) is 9.40 Å². The monoisotopic (exact) mass is 424 g/mol. The lowest BCUT2D eigenvalue weighted by Gasteiger charge is -2.13. The molecule has 2 heterocycles. The Hall–Kier alpha value is -1.58. The number of hydrogen-bond acceptors (Lipinski definition) is 6. The molecule has 0 saturated carbocycles. The number of para-hydroxylation sites is 1. The van der Waals surface area contributed by atoms with Gasteiger partial charge in [0, 0.05) is 24.3 Å². The Morgan fingerprint density at radius 1 is 1.26 bits per heavy atom. The van der Waals surface area contributed by atoms with Gasteiger partial charge >= 0.3 is 0 Å². The number of benzene rings is 1. The van der Waals surface area contributed by atoms with Crippen LogP contribution in [-0.4, -0.2) is 34.7 Å². The number of aryl methyl sites for hydroxylation is 1. The van der Waals surface area contributed by atoms with Crippen molar-refractivity contribution in [2.75, 3.05) is 16.2 Å². The number of thiazole rings is 1. The Kier molecular flexibility index (Phi) is 5.83. The van der Waals surface area contributed by atoms with Gasteiger partial charge in [0.05, 0.1) is 21.7 Å². The summed E-state index contributed by atoms with van der Waals surface area (Å²) < 4.78 is 31.1. The van der Waals surface area contributed by atoms with Gasteiger partial charge in [0.2, 0.25) is 10.0 Å². The summed E-state index contributed by atoms with van der Waals surface area (Å²) in [6.07, 6.45) is 0.555. The number of rotatable bonds is 7. The normalized spacial score (nSPS) is 12.6. The summed E-state index contributed by atoms with van der Waals surface area (Å²) >= 11 is 3.24. The van der Waals surface area contributed by atoms with Crippen LogP contribution in [0.4, 0.5) is 5.82 Å². The Morgan fingerprint density at radius 3 is 2.67 bits per heavy atom. The van der Waals surface area contributed by atoms with Gasteiger partial charge in [-0.25, -0.2) is 13.4 Å². The number of anilines is 1. The van der Waals surface area contributed by atoms with Crippen molar-refractivity contribution < 1.29 is 8.42 Å². The van der Waals surface area contributed by atoms with Crippen molar-refractivity contribution in [2.45, 2.75) is 36.9 Å². The third-order valence-corrected chi connectivity index (χ3v) is 7.58. The number of fused-ring (bicyclic) bond motifs is 1. The molecular formula is C18H24N4O2S3. The van der Waals surface area contributed by atoms with Gasteiger partial charge < -0.3 is 0 Å². The highest BCUT2D eigenvalue weighted by Gasteiger charge is 2.21. The summed E-state index contributed by atoms with van der Waals surface area (Å²) in [5.41, 5.74) is 1.72. The molecule has 146 valence electrons. The van der Waals surface area contributed by atoms with E-state index in [1.165, 1.54) is 0 Å². The molecule has 1 aromatic carbocycles. The number of nitrogens with zero attached hydrogens (tertiary/aromatic N) is 3. The molecule has 1 N–H and O–H groups in total. The fourth-order valence-corrected chi connectivity index (χ4v) is 5.86. The zero-order chi connectivity index (χ0) is 19.7.